The van der Waals surface area contributed by atoms with Crippen LogP contribution in [0.3, 0.4) is 0 Å². The Labute approximate surface area is 95.4 Å². The second-order valence-electron chi connectivity index (χ2n) is 3.51. The molecule has 0 unspecified atom stereocenters. The molecular formula is C10H15ClN4. The van der Waals surface area contributed by atoms with Gasteiger partial charge in [-0.05, 0) is 25.0 Å². The number of amidine groups is 1. The summed E-state index contributed by atoms with van der Waals surface area (Å²) in [5.41, 5.74) is 7.01. The van der Waals surface area contributed by atoms with Gasteiger partial charge >= 0.3 is 0 Å². The fourth-order valence-electron chi connectivity index (χ4n) is 1.71. The van der Waals surface area contributed by atoms with E-state index in [9.17, 15) is 0 Å². The first kappa shape index (κ1) is 11.8. The van der Waals surface area contributed by atoms with Crippen LogP contribution in [-0.4, -0.2) is 23.9 Å². The minimum absolute atomic E-state index is 0. The Morgan fingerprint density at radius 2 is 2.00 bits per heavy atom. The molecule has 4 nitrogen and oxygen atoms in total. The smallest absolute Gasteiger partial charge is 0.141 e. The van der Waals surface area contributed by atoms with Crippen molar-refractivity contribution in [3.8, 4) is 0 Å². The lowest BCUT2D eigenvalue weighted by molar-refractivity contribution is 0.949. The van der Waals surface area contributed by atoms with Crippen molar-refractivity contribution in [1.29, 1.82) is 5.41 Å². The number of pyridine rings is 1. The SMILES string of the molecule is Cl.N=C(N)c1ccc(N2CCCC2)cn1. The number of nitrogen functional groups attached to an aromatic ring is 1. The van der Waals surface area contributed by atoms with E-state index in [4.69, 9.17) is 11.1 Å². The molecular weight excluding hydrogens is 212 g/mol. The molecule has 1 aromatic heterocycles. The van der Waals surface area contributed by atoms with E-state index in [0.29, 0.717) is 5.69 Å². The average Bonchev–Trinajstić information content (AvgIpc) is 2.71. The first-order valence-corrected chi connectivity index (χ1v) is 4.83. The summed E-state index contributed by atoms with van der Waals surface area (Å²) in [6.07, 6.45) is 4.31. The summed E-state index contributed by atoms with van der Waals surface area (Å²) in [4.78, 5) is 6.43. The first-order valence-electron chi connectivity index (χ1n) is 4.83. The van der Waals surface area contributed by atoms with Gasteiger partial charge in [-0.2, -0.15) is 0 Å². The molecule has 0 saturated carbocycles. The van der Waals surface area contributed by atoms with E-state index in [2.05, 4.69) is 9.88 Å². The van der Waals surface area contributed by atoms with Crippen LogP contribution in [0.5, 0.6) is 0 Å². The van der Waals surface area contributed by atoms with Crippen LogP contribution < -0.4 is 10.6 Å². The highest BCUT2D eigenvalue weighted by molar-refractivity contribution is 5.93. The highest BCUT2D eigenvalue weighted by atomic mass is 35.5. The molecule has 82 valence electrons. The second kappa shape index (κ2) is 4.98. The lowest BCUT2D eigenvalue weighted by atomic mass is 10.3. The molecule has 5 heteroatoms. The van der Waals surface area contributed by atoms with Crippen LogP contribution in [-0.2, 0) is 0 Å². The van der Waals surface area contributed by atoms with Crippen molar-refractivity contribution in [2.24, 2.45) is 5.73 Å². The fourth-order valence-corrected chi connectivity index (χ4v) is 1.71. The van der Waals surface area contributed by atoms with Gasteiger partial charge in [0, 0.05) is 13.1 Å². The summed E-state index contributed by atoms with van der Waals surface area (Å²) >= 11 is 0. The number of aromatic nitrogens is 1. The van der Waals surface area contributed by atoms with Crippen LogP contribution in [0, 0.1) is 5.41 Å². The maximum absolute atomic E-state index is 7.22. The van der Waals surface area contributed by atoms with Crippen LogP contribution >= 0.6 is 12.4 Å². The Morgan fingerprint density at radius 1 is 1.33 bits per heavy atom. The molecule has 3 N–H and O–H groups in total. The van der Waals surface area contributed by atoms with Crippen molar-refractivity contribution in [3.63, 3.8) is 0 Å². The van der Waals surface area contributed by atoms with E-state index in [-0.39, 0.29) is 18.2 Å². The standard InChI is InChI=1S/C10H14N4.ClH/c11-10(12)9-4-3-8(7-13-9)14-5-1-2-6-14;/h3-4,7H,1-2,5-6H2,(H3,11,12);1H. The molecule has 0 amide bonds. The van der Waals surface area contributed by atoms with Gasteiger partial charge < -0.3 is 10.6 Å². The third kappa shape index (κ3) is 2.59. The molecule has 0 spiro atoms. The van der Waals surface area contributed by atoms with Gasteiger partial charge in [0.05, 0.1) is 11.9 Å². The van der Waals surface area contributed by atoms with E-state index >= 15 is 0 Å². The molecule has 2 heterocycles. The molecule has 15 heavy (non-hydrogen) atoms. The number of hydrogen-bond donors (Lipinski definition) is 2. The number of anilines is 1. The summed E-state index contributed by atoms with van der Waals surface area (Å²) in [5, 5.41) is 7.22. The van der Waals surface area contributed by atoms with Gasteiger partial charge in [-0.1, -0.05) is 0 Å². The summed E-state index contributed by atoms with van der Waals surface area (Å²) in [6, 6.07) is 3.78. The van der Waals surface area contributed by atoms with Gasteiger partial charge in [-0.15, -0.1) is 12.4 Å². The third-order valence-electron chi connectivity index (χ3n) is 2.50. The number of halogens is 1. The monoisotopic (exact) mass is 226 g/mol. The topological polar surface area (TPSA) is 66.0 Å². The molecule has 1 aliphatic rings. The molecule has 1 aromatic rings. The van der Waals surface area contributed by atoms with Crippen molar-refractivity contribution in [1.82, 2.24) is 4.98 Å². The van der Waals surface area contributed by atoms with Crippen LogP contribution in [0.15, 0.2) is 18.3 Å². The lowest BCUT2D eigenvalue weighted by Crippen LogP contribution is -2.19. The highest BCUT2D eigenvalue weighted by Crippen LogP contribution is 2.18. The fraction of sp³-hybridized carbons (Fsp3) is 0.400. The van der Waals surface area contributed by atoms with E-state index in [0.717, 1.165) is 18.8 Å². The predicted molar refractivity (Wildman–Crippen MR) is 63.9 cm³/mol. The number of nitrogens with zero attached hydrogens (tertiary/aromatic N) is 2. The molecule has 0 aromatic carbocycles. The normalized spacial score (nSPS) is 14.8. The summed E-state index contributed by atoms with van der Waals surface area (Å²) in [7, 11) is 0. The van der Waals surface area contributed by atoms with E-state index in [1.807, 2.05) is 6.07 Å². The maximum atomic E-state index is 7.22. The van der Waals surface area contributed by atoms with Gasteiger partial charge in [-0.25, -0.2) is 0 Å². The van der Waals surface area contributed by atoms with Gasteiger partial charge in [0.2, 0.25) is 0 Å². The zero-order chi connectivity index (χ0) is 9.97. The summed E-state index contributed by atoms with van der Waals surface area (Å²) < 4.78 is 0. The van der Waals surface area contributed by atoms with Crippen molar-refractivity contribution < 1.29 is 0 Å². The van der Waals surface area contributed by atoms with Gasteiger partial charge in [0.1, 0.15) is 11.5 Å². The number of nitrogens with two attached hydrogens (primary N) is 1. The van der Waals surface area contributed by atoms with Crippen molar-refractivity contribution in [2.45, 2.75) is 12.8 Å². The predicted octanol–water partition coefficient (Wildman–Crippen LogP) is 1.39. The van der Waals surface area contributed by atoms with E-state index in [1.165, 1.54) is 12.8 Å². The summed E-state index contributed by atoms with van der Waals surface area (Å²) in [6.45, 7) is 2.22. The minimum atomic E-state index is 0. The Balaban J connectivity index is 0.00000112. The molecule has 0 radical (unpaired) electrons. The third-order valence-corrected chi connectivity index (χ3v) is 2.50. The quantitative estimate of drug-likeness (QED) is 0.592. The van der Waals surface area contributed by atoms with Gasteiger partial charge in [-0.3, -0.25) is 10.4 Å². The van der Waals surface area contributed by atoms with E-state index in [1.54, 1.807) is 12.3 Å². The van der Waals surface area contributed by atoms with Crippen molar-refractivity contribution in [3.05, 3.63) is 24.0 Å². The number of nitrogens with one attached hydrogen (secondary N) is 1. The summed E-state index contributed by atoms with van der Waals surface area (Å²) in [5.74, 6) is 0.0259. The van der Waals surface area contributed by atoms with Crippen molar-refractivity contribution >= 4 is 23.9 Å². The average molecular weight is 227 g/mol. The zero-order valence-electron chi connectivity index (χ0n) is 8.44. The molecule has 0 bridgehead atoms. The molecule has 1 aliphatic heterocycles. The Bertz CT molecular complexity index is 330. The first-order chi connectivity index (χ1) is 6.77. The van der Waals surface area contributed by atoms with Gasteiger partial charge in [0.15, 0.2) is 0 Å². The largest absolute Gasteiger partial charge is 0.382 e. The Hall–Kier alpha value is -1.29. The Kier molecular flexibility index (Phi) is 3.91. The minimum Gasteiger partial charge on any atom is -0.382 e. The second-order valence-corrected chi connectivity index (χ2v) is 3.51. The lowest BCUT2D eigenvalue weighted by Gasteiger charge is -2.16. The molecule has 1 saturated heterocycles. The molecule has 2 rings (SSSR count). The van der Waals surface area contributed by atoms with Crippen LogP contribution in [0.25, 0.3) is 0 Å². The highest BCUT2D eigenvalue weighted by Gasteiger charge is 2.12. The van der Waals surface area contributed by atoms with Crippen LogP contribution in [0.4, 0.5) is 5.69 Å². The molecule has 1 fully saturated rings. The maximum Gasteiger partial charge on any atom is 0.141 e. The van der Waals surface area contributed by atoms with Crippen molar-refractivity contribution in [2.75, 3.05) is 18.0 Å². The van der Waals surface area contributed by atoms with Crippen LogP contribution in [0.1, 0.15) is 18.5 Å². The zero-order valence-corrected chi connectivity index (χ0v) is 9.26. The molecule has 0 aliphatic carbocycles. The van der Waals surface area contributed by atoms with Gasteiger partial charge in [0.25, 0.3) is 0 Å². The Morgan fingerprint density at radius 3 is 2.47 bits per heavy atom. The number of hydrogen-bond acceptors (Lipinski definition) is 3. The molecule has 0 atom stereocenters. The van der Waals surface area contributed by atoms with Crippen LogP contribution in [0.2, 0.25) is 0 Å². The number of rotatable bonds is 2. The van der Waals surface area contributed by atoms with E-state index < -0.39 is 0 Å².